The topological polar surface area (TPSA) is 40.9 Å². The van der Waals surface area contributed by atoms with E-state index in [0.717, 1.165) is 12.8 Å². The van der Waals surface area contributed by atoms with Crippen molar-refractivity contribution < 1.29 is 4.79 Å². The predicted molar refractivity (Wildman–Crippen MR) is 44.2 cm³/mol. The quantitative estimate of drug-likeness (QED) is 0.625. The SMILES string of the molecule is N#CCC(=O)C1CC2(CCC2)C1. The molecular formula is C10H13NO. The number of nitrogens with zero attached hydrogens (tertiary/aromatic N) is 1. The Kier molecular flexibility index (Phi) is 1.68. The fraction of sp³-hybridized carbons (Fsp3) is 0.800. The number of hydrogen-bond acceptors (Lipinski definition) is 2. The van der Waals surface area contributed by atoms with Gasteiger partial charge in [0.25, 0.3) is 0 Å². The Bertz CT molecular complexity index is 239. The van der Waals surface area contributed by atoms with E-state index >= 15 is 0 Å². The van der Waals surface area contributed by atoms with E-state index in [-0.39, 0.29) is 18.1 Å². The van der Waals surface area contributed by atoms with Crippen LogP contribution in [0.4, 0.5) is 0 Å². The van der Waals surface area contributed by atoms with Gasteiger partial charge in [-0.3, -0.25) is 4.79 Å². The van der Waals surface area contributed by atoms with Gasteiger partial charge in [-0.25, -0.2) is 0 Å². The van der Waals surface area contributed by atoms with Crippen molar-refractivity contribution in [3.63, 3.8) is 0 Å². The first-order valence-corrected chi connectivity index (χ1v) is 4.65. The molecule has 2 heteroatoms. The highest BCUT2D eigenvalue weighted by Crippen LogP contribution is 2.58. The number of hydrogen-bond donors (Lipinski definition) is 0. The molecule has 2 aliphatic carbocycles. The zero-order valence-corrected chi connectivity index (χ0v) is 7.18. The van der Waals surface area contributed by atoms with Crippen molar-refractivity contribution in [1.29, 1.82) is 5.26 Å². The van der Waals surface area contributed by atoms with Crippen molar-refractivity contribution in [2.45, 2.75) is 38.5 Å². The van der Waals surface area contributed by atoms with Gasteiger partial charge in [0.2, 0.25) is 0 Å². The molecule has 0 aliphatic heterocycles. The van der Waals surface area contributed by atoms with Gasteiger partial charge in [0.1, 0.15) is 5.78 Å². The molecule has 0 aromatic heterocycles. The second kappa shape index (κ2) is 2.58. The first kappa shape index (κ1) is 7.79. The van der Waals surface area contributed by atoms with Crippen molar-refractivity contribution in [3.05, 3.63) is 0 Å². The zero-order chi connectivity index (χ0) is 8.60. The Morgan fingerprint density at radius 1 is 1.50 bits per heavy atom. The molecule has 1 spiro atoms. The molecule has 0 heterocycles. The van der Waals surface area contributed by atoms with Crippen molar-refractivity contribution in [3.8, 4) is 6.07 Å². The summed E-state index contributed by atoms with van der Waals surface area (Å²) < 4.78 is 0. The molecule has 0 aromatic carbocycles. The number of carbonyl (C=O) groups is 1. The predicted octanol–water partition coefficient (Wildman–Crippen LogP) is 2.05. The summed E-state index contributed by atoms with van der Waals surface area (Å²) in [7, 11) is 0. The van der Waals surface area contributed by atoms with Crippen LogP contribution in [-0.2, 0) is 4.79 Å². The molecule has 0 aromatic rings. The summed E-state index contributed by atoms with van der Waals surface area (Å²) in [5, 5.41) is 8.34. The van der Waals surface area contributed by atoms with E-state index in [9.17, 15) is 4.79 Å². The minimum atomic E-state index is 0.126. The van der Waals surface area contributed by atoms with E-state index in [1.807, 2.05) is 6.07 Å². The van der Waals surface area contributed by atoms with Gasteiger partial charge in [0, 0.05) is 5.92 Å². The molecule has 12 heavy (non-hydrogen) atoms. The maximum Gasteiger partial charge on any atom is 0.150 e. The van der Waals surface area contributed by atoms with Gasteiger partial charge in [0.05, 0.1) is 12.5 Å². The minimum absolute atomic E-state index is 0.126. The van der Waals surface area contributed by atoms with Gasteiger partial charge in [0.15, 0.2) is 0 Å². The molecule has 2 rings (SSSR count). The highest BCUT2D eigenvalue weighted by molar-refractivity contribution is 5.83. The van der Waals surface area contributed by atoms with Crippen LogP contribution in [-0.4, -0.2) is 5.78 Å². The molecule has 2 saturated carbocycles. The molecule has 0 bridgehead atoms. The van der Waals surface area contributed by atoms with Crippen LogP contribution in [0.1, 0.15) is 38.5 Å². The van der Waals surface area contributed by atoms with Crippen LogP contribution in [0, 0.1) is 22.7 Å². The Morgan fingerprint density at radius 3 is 2.58 bits per heavy atom. The van der Waals surface area contributed by atoms with Crippen LogP contribution in [0.5, 0.6) is 0 Å². The highest BCUT2D eigenvalue weighted by atomic mass is 16.1. The number of rotatable bonds is 2. The summed E-state index contributed by atoms with van der Waals surface area (Å²) in [5.74, 6) is 0.417. The van der Waals surface area contributed by atoms with Crippen LogP contribution < -0.4 is 0 Å². The third-order valence-electron chi connectivity index (χ3n) is 3.48. The summed E-state index contributed by atoms with van der Waals surface area (Å²) in [6.07, 6.45) is 6.27. The molecule has 64 valence electrons. The van der Waals surface area contributed by atoms with Crippen LogP contribution in [0.15, 0.2) is 0 Å². The lowest BCUT2D eigenvalue weighted by Gasteiger charge is -2.53. The molecule has 0 atom stereocenters. The van der Waals surface area contributed by atoms with E-state index in [4.69, 9.17) is 5.26 Å². The van der Waals surface area contributed by atoms with E-state index in [1.54, 1.807) is 0 Å². The first-order chi connectivity index (χ1) is 5.76. The summed E-state index contributed by atoms with van der Waals surface area (Å²) in [5.41, 5.74) is 0.565. The molecule has 2 nitrogen and oxygen atoms in total. The van der Waals surface area contributed by atoms with Crippen molar-refractivity contribution in [1.82, 2.24) is 0 Å². The lowest BCUT2D eigenvalue weighted by atomic mass is 9.51. The molecule has 2 aliphatic rings. The average molecular weight is 163 g/mol. The second-order valence-electron chi connectivity index (χ2n) is 4.26. The minimum Gasteiger partial charge on any atom is -0.298 e. The Hall–Kier alpha value is -0.840. The monoisotopic (exact) mass is 163 g/mol. The lowest BCUT2D eigenvalue weighted by molar-refractivity contribution is -0.133. The summed E-state index contributed by atoms with van der Waals surface area (Å²) >= 11 is 0. The number of ketones is 1. The molecule has 0 saturated heterocycles. The summed E-state index contributed by atoms with van der Waals surface area (Å²) in [6.45, 7) is 0. The van der Waals surface area contributed by atoms with E-state index in [1.165, 1.54) is 19.3 Å². The fourth-order valence-electron chi connectivity index (χ4n) is 2.52. The van der Waals surface area contributed by atoms with Gasteiger partial charge >= 0.3 is 0 Å². The van der Waals surface area contributed by atoms with Crippen LogP contribution >= 0.6 is 0 Å². The Morgan fingerprint density at radius 2 is 2.17 bits per heavy atom. The largest absolute Gasteiger partial charge is 0.298 e. The Balaban J connectivity index is 1.81. The standard InChI is InChI=1S/C10H13NO/c11-5-2-9(12)8-6-10(7-8)3-1-4-10/h8H,1-4,6-7H2. The fourth-order valence-corrected chi connectivity index (χ4v) is 2.52. The molecule has 2 fully saturated rings. The van der Waals surface area contributed by atoms with E-state index < -0.39 is 0 Å². The van der Waals surface area contributed by atoms with Crippen LogP contribution in [0.3, 0.4) is 0 Å². The summed E-state index contributed by atoms with van der Waals surface area (Å²) in [4.78, 5) is 11.2. The summed E-state index contributed by atoms with van der Waals surface area (Å²) in [6, 6.07) is 1.93. The number of carbonyl (C=O) groups excluding carboxylic acids is 1. The maximum absolute atomic E-state index is 11.2. The maximum atomic E-state index is 11.2. The number of nitriles is 1. The van der Waals surface area contributed by atoms with Gasteiger partial charge < -0.3 is 0 Å². The number of Topliss-reactive ketones (excluding diaryl/α,β-unsaturated/α-hetero) is 1. The molecular weight excluding hydrogens is 150 g/mol. The first-order valence-electron chi connectivity index (χ1n) is 4.65. The zero-order valence-electron chi connectivity index (χ0n) is 7.18. The molecule has 0 radical (unpaired) electrons. The van der Waals surface area contributed by atoms with Crippen molar-refractivity contribution >= 4 is 5.78 Å². The normalized spacial score (nSPS) is 25.6. The smallest absolute Gasteiger partial charge is 0.150 e. The second-order valence-corrected chi connectivity index (χ2v) is 4.26. The van der Waals surface area contributed by atoms with Crippen molar-refractivity contribution in [2.24, 2.45) is 11.3 Å². The van der Waals surface area contributed by atoms with Crippen LogP contribution in [0.2, 0.25) is 0 Å². The van der Waals surface area contributed by atoms with Gasteiger partial charge in [-0.2, -0.15) is 5.26 Å². The van der Waals surface area contributed by atoms with Gasteiger partial charge in [-0.15, -0.1) is 0 Å². The third-order valence-corrected chi connectivity index (χ3v) is 3.48. The molecule has 0 amide bonds. The van der Waals surface area contributed by atoms with E-state index in [2.05, 4.69) is 0 Å². The van der Waals surface area contributed by atoms with E-state index in [0.29, 0.717) is 5.41 Å². The Labute approximate surface area is 72.6 Å². The van der Waals surface area contributed by atoms with Gasteiger partial charge in [-0.1, -0.05) is 6.42 Å². The average Bonchev–Trinajstić information content (AvgIpc) is 1.81. The third kappa shape index (κ3) is 1.04. The van der Waals surface area contributed by atoms with Crippen molar-refractivity contribution in [2.75, 3.05) is 0 Å². The molecule has 0 N–H and O–H groups in total. The molecule has 0 unspecified atom stereocenters. The van der Waals surface area contributed by atoms with Gasteiger partial charge in [-0.05, 0) is 31.1 Å². The highest BCUT2D eigenvalue weighted by Gasteiger charge is 2.49. The van der Waals surface area contributed by atoms with Crippen LogP contribution in [0.25, 0.3) is 0 Å². The lowest BCUT2D eigenvalue weighted by Crippen LogP contribution is -2.45.